The van der Waals surface area contributed by atoms with Crippen LogP contribution < -0.4 is 0 Å². The van der Waals surface area contributed by atoms with E-state index < -0.39 is 0 Å². The van der Waals surface area contributed by atoms with Crippen molar-refractivity contribution in [3.8, 4) is 0 Å². The van der Waals surface area contributed by atoms with Crippen LogP contribution in [0.2, 0.25) is 0 Å². The van der Waals surface area contributed by atoms with Gasteiger partial charge in [-0.25, -0.2) is 9.97 Å². The number of thiophene rings is 1. The van der Waals surface area contributed by atoms with Gasteiger partial charge in [-0.15, -0.1) is 28.1 Å². The predicted molar refractivity (Wildman–Crippen MR) is 110 cm³/mol. The predicted octanol–water partition coefficient (Wildman–Crippen LogP) is 5.16. The van der Waals surface area contributed by atoms with Crippen molar-refractivity contribution in [3.05, 3.63) is 35.2 Å². The molecule has 0 bridgehead atoms. The van der Waals surface area contributed by atoms with Gasteiger partial charge in [-0.05, 0) is 49.4 Å². The first kappa shape index (κ1) is 17.4. The zero-order valence-corrected chi connectivity index (χ0v) is 17.0. The van der Waals surface area contributed by atoms with E-state index in [9.17, 15) is 0 Å². The second kappa shape index (κ2) is 7.36. The zero-order chi connectivity index (χ0) is 18.2. The lowest BCUT2D eigenvalue weighted by molar-refractivity contribution is 0.415. The molecule has 3 heterocycles. The summed E-state index contributed by atoms with van der Waals surface area (Å²) in [7, 11) is 0. The Kier molecular flexibility index (Phi) is 4.73. The molecule has 0 radical (unpaired) electrons. The van der Waals surface area contributed by atoms with Crippen molar-refractivity contribution in [1.82, 2.24) is 24.7 Å². The average Bonchev–Trinajstić information content (AvgIpc) is 3.38. The lowest BCUT2D eigenvalue weighted by atomic mass is 9.89. The Balaban J connectivity index is 1.53. The smallest absolute Gasteiger partial charge is 0.197 e. The van der Waals surface area contributed by atoms with Crippen molar-refractivity contribution in [3.63, 3.8) is 0 Å². The minimum atomic E-state index is 0.524. The number of hydrogen-bond donors (Lipinski definition) is 0. The fourth-order valence-electron chi connectivity index (χ4n) is 4.40. The highest BCUT2D eigenvalue weighted by Gasteiger charge is 2.25. The second-order valence-corrected chi connectivity index (χ2v) is 9.43. The topological polar surface area (TPSA) is 56.5 Å². The van der Waals surface area contributed by atoms with E-state index in [1.54, 1.807) is 18.1 Å². The highest BCUT2D eigenvalue weighted by molar-refractivity contribution is 7.99. The zero-order valence-electron chi connectivity index (χ0n) is 15.4. The van der Waals surface area contributed by atoms with Gasteiger partial charge in [0.1, 0.15) is 22.0 Å². The molecule has 27 heavy (non-hydrogen) atoms. The van der Waals surface area contributed by atoms with Crippen LogP contribution >= 0.6 is 23.1 Å². The van der Waals surface area contributed by atoms with Crippen molar-refractivity contribution in [2.24, 2.45) is 0 Å². The molecule has 2 aliphatic rings. The van der Waals surface area contributed by atoms with E-state index in [2.05, 4.69) is 31.3 Å². The molecule has 0 amide bonds. The van der Waals surface area contributed by atoms with Gasteiger partial charge < -0.3 is 4.57 Å². The van der Waals surface area contributed by atoms with Gasteiger partial charge in [-0.2, -0.15) is 0 Å². The summed E-state index contributed by atoms with van der Waals surface area (Å²) in [6, 6.07) is 0. The molecule has 0 atom stereocenters. The summed E-state index contributed by atoms with van der Waals surface area (Å²) in [4.78, 5) is 11.7. The van der Waals surface area contributed by atoms with E-state index in [1.165, 1.54) is 60.8 Å². The standard InChI is InChI=1S/C20H23N5S2/c1-2-11-25-17(13-7-4-3-5-8-13)23-24-20(25)27-19-16-14-9-6-10-15(14)26-18(16)21-12-22-19/h2,12-13H,1,3-11H2. The highest BCUT2D eigenvalue weighted by Crippen LogP contribution is 2.42. The van der Waals surface area contributed by atoms with Crippen molar-refractivity contribution < 1.29 is 0 Å². The molecule has 0 N–H and O–H groups in total. The Morgan fingerprint density at radius 1 is 1.15 bits per heavy atom. The summed E-state index contributed by atoms with van der Waals surface area (Å²) in [6.07, 6.45) is 13.6. The summed E-state index contributed by atoms with van der Waals surface area (Å²) in [6.45, 7) is 4.70. The fourth-order valence-corrected chi connectivity index (χ4v) is 6.65. The average molecular weight is 398 g/mol. The summed E-state index contributed by atoms with van der Waals surface area (Å²) < 4.78 is 2.24. The van der Waals surface area contributed by atoms with Gasteiger partial charge in [0.2, 0.25) is 0 Å². The van der Waals surface area contributed by atoms with Gasteiger partial charge in [0.25, 0.3) is 0 Å². The van der Waals surface area contributed by atoms with Gasteiger partial charge in [0, 0.05) is 22.7 Å². The molecule has 0 aliphatic heterocycles. The third kappa shape index (κ3) is 3.10. The minimum Gasteiger partial charge on any atom is -0.302 e. The van der Waals surface area contributed by atoms with Crippen LogP contribution in [0, 0.1) is 0 Å². The van der Waals surface area contributed by atoms with Crippen LogP contribution in [0.25, 0.3) is 10.2 Å². The van der Waals surface area contributed by atoms with Gasteiger partial charge in [0.15, 0.2) is 5.16 Å². The second-order valence-electron chi connectivity index (χ2n) is 7.39. The van der Waals surface area contributed by atoms with Crippen LogP contribution in [0.5, 0.6) is 0 Å². The number of rotatable bonds is 5. The van der Waals surface area contributed by atoms with Crippen LogP contribution in [0.3, 0.4) is 0 Å². The Bertz CT molecular complexity index is 984. The molecule has 5 rings (SSSR count). The molecule has 3 aromatic rings. The molecule has 3 aromatic heterocycles. The number of aromatic nitrogens is 5. The number of aryl methyl sites for hydroxylation is 2. The molecule has 2 aliphatic carbocycles. The maximum atomic E-state index is 4.63. The first-order chi connectivity index (χ1) is 13.3. The third-order valence-electron chi connectivity index (χ3n) is 5.68. The van der Waals surface area contributed by atoms with Crippen LogP contribution in [-0.4, -0.2) is 24.7 Å². The highest BCUT2D eigenvalue weighted by atomic mass is 32.2. The van der Waals surface area contributed by atoms with E-state index in [0.717, 1.165) is 33.8 Å². The third-order valence-corrected chi connectivity index (χ3v) is 7.87. The van der Waals surface area contributed by atoms with E-state index in [1.807, 2.05) is 17.4 Å². The lowest BCUT2D eigenvalue weighted by Gasteiger charge is -2.21. The summed E-state index contributed by atoms with van der Waals surface area (Å²) in [5.74, 6) is 1.65. The minimum absolute atomic E-state index is 0.524. The van der Waals surface area contributed by atoms with Crippen LogP contribution in [-0.2, 0) is 19.4 Å². The normalized spacial score (nSPS) is 17.5. The van der Waals surface area contributed by atoms with E-state index in [4.69, 9.17) is 0 Å². The lowest BCUT2D eigenvalue weighted by Crippen LogP contribution is -2.12. The van der Waals surface area contributed by atoms with Crippen LogP contribution in [0.1, 0.15) is 60.7 Å². The molecule has 1 fully saturated rings. The van der Waals surface area contributed by atoms with Gasteiger partial charge in [-0.3, -0.25) is 0 Å². The molecule has 1 saturated carbocycles. The molecular weight excluding hydrogens is 374 g/mol. The van der Waals surface area contributed by atoms with Crippen LogP contribution in [0.15, 0.2) is 29.2 Å². The molecule has 140 valence electrons. The van der Waals surface area contributed by atoms with E-state index in [0.29, 0.717) is 5.92 Å². The SMILES string of the molecule is C=CCn1c(Sc2ncnc3sc4c(c23)CCC4)nnc1C1CCCCC1. The maximum Gasteiger partial charge on any atom is 0.197 e. The van der Waals surface area contributed by atoms with Gasteiger partial charge >= 0.3 is 0 Å². The first-order valence-electron chi connectivity index (χ1n) is 9.82. The Morgan fingerprint density at radius 2 is 2.04 bits per heavy atom. The molecule has 0 unspecified atom stereocenters. The molecule has 0 spiro atoms. The maximum absolute atomic E-state index is 4.63. The quantitative estimate of drug-likeness (QED) is 0.440. The molecule has 5 nitrogen and oxygen atoms in total. The Labute approximate surface area is 167 Å². The summed E-state index contributed by atoms with van der Waals surface area (Å²) in [5, 5.41) is 12.3. The Hall–Kier alpha value is -1.73. The number of allylic oxidation sites excluding steroid dienone is 1. The molecular formula is C20H23N5S2. The summed E-state index contributed by atoms with van der Waals surface area (Å²) >= 11 is 3.47. The monoisotopic (exact) mass is 397 g/mol. The van der Waals surface area contributed by atoms with Crippen molar-refractivity contribution in [2.45, 2.75) is 74.0 Å². The summed E-state index contributed by atoms with van der Waals surface area (Å²) in [5.41, 5.74) is 1.46. The first-order valence-corrected chi connectivity index (χ1v) is 11.5. The van der Waals surface area contributed by atoms with Gasteiger partial charge in [0.05, 0.1) is 0 Å². The van der Waals surface area contributed by atoms with Crippen molar-refractivity contribution in [2.75, 3.05) is 0 Å². The number of fused-ring (bicyclic) bond motifs is 3. The molecule has 0 saturated heterocycles. The van der Waals surface area contributed by atoms with Crippen LogP contribution in [0.4, 0.5) is 0 Å². The number of nitrogens with zero attached hydrogens (tertiary/aromatic N) is 5. The van der Waals surface area contributed by atoms with E-state index in [-0.39, 0.29) is 0 Å². The molecule has 7 heteroatoms. The largest absolute Gasteiger partial charge is 0.302 e. The van der Waals surface area contributed by atoms with Crippen molar-refractivity contribution in [1.29, 1.82) is 0 Å². The fraction of sp³-hybridized carbons (Fsp3) is 0.500. The Morgan fingerprint density at radius 3 is 2.89 bits per heavy atom. The number of hydrogen-bond acceptors (Lipinski definition) is 6. The van der Waals surface area contributed by atoms with Gasteiger partial charge in [-0.1, -0.05) is 25.3 Å². The van der Waals surface area contributed by atoms with E-state index >= 15 is 0 Å². The molecule has 0 aromatic carbocycles. The van der Waals surface area contributed by atoms with Crippen molar-refractivity contribution >= 4 is 33.3 Å².